The third kappa shape index (κ3) is 4.79. The average Bonchev–Trinajstić information content (AvgIpc) is 2.70. The van der Waals surface area contributed by atoms with Crippen molar-refractivity contribution in [1.29, 1.82) is 0 Å². The lowest BCUT2D eigenvalue weighted by Crippen LogP contribution is -2.47. The Kier molecular flexibility index (Phi) is 6.83. The fraction of sp³-hybridized carbons (Fsp3) is 0.500. The van der Waals surface area contributed by atoms with Gasteiger partial charge in [-0.1, -0.05) is 29.3 Å². The van der Waals surface area contributed by atoms with Crippen LogP contribution < -0.4 is 10.9 Å². The summed E-state index contributed by atoms with van der Waals surface area (Å²) in [5, 5.41) is 3.42. The standard InChI is InChI=1S/C20H25BrN4O3/c1-2-3-8-22-19(27)14-5-4-9-24(11-14)18(26)12-25-13-23-17-7-6-15(21)10-16(17)20(25)28/h6-7,10,13-14H,2-5,8-9,11-12H2,1H3,(H,22,27). The molecule has 1 aromatic carbocycles. The molecular formula is C20H25BrN4O3. The Labute approximate surface area is 172 Å². The molecule has 2 aromatic rings. The summed E-state index contributed by atoms with van der Waals surface area (Å²) in [4.78, 5) is 43.7. The van der Waals surface area contributed by atoms with Crippen molar-refractivity contribution in [2.45, 2.75) is 39.2 Å². The number of hydrogen-bond donors (Lipinski definition) is 1. The Hall–Kier alpha value is -2.22. The molecule has 0 aliphatic carbocycles. The molecule has 1 aromatic heterocycles. The van der Waals surface area contributed by atoms with E-state index in [2.05, 4.69) is 33.2 Å². The van der Waals surface area contributed by atoms with E-state index in [-0.39, 0.29) is 29.8 Å². The van der Waals surface area contributed by atoms with E-state index >= 15 is 0 Å². The van der Waals surface area contributed by atoms with E-state index in [9.17, 15) is 14.4 Å². The summed E-state index contributed by atoms with van der Waals surface area (Å²) in [5.41, 5.74) is 0.351. The first-order valence-corrected chi connectivity index (χ1v) is 10.5. The van der Waals surface area contributed by atoms with Crippen molar-refractivity contribution in [2.24, 2.45) is 5.92 Å². The quantitative estimate of drug-likeness (QED) is 0.687. The summed E-state index contributed by atoms with van der Waals surface area (Å²) in [6.07, 6.45) is 4.97. The topological polar surface area (TPSA) is 84.3 Å². The number of aromatic nitrogens is 2. The van der Waals surface area contributed by atoms with E-state index in [1.54, 1.807) is 17.0 Å². The molecule has 150 valence electrons. The molecule has 0 radical (unpaired) electrons. The normalized spacial score (nSPS) is 16.9. The summed E-state index contributed by atoms with van der Waals surface area (Å²) in [7, 11) is 0. The molecule has 2 amide bonds. The highest BCUT2D eigenvalue weighted by Crippen LogP contribution is 2.18. The number of piperidine rings is 1. The van der Waals surface area contributed by atoms with Gasteiger partial charge in [0.15, 0.2) is 0 Å². The molecule has 1 atom stereocenters. The Morgan fingerprint density at radius 3 is 2.96 bits per heavy atom. The lowest BCUT2D eigenvalue weighted by molar-refractivity contribution is -0.136. The van der Waals surface area contributed by atoms with Crippen molar-refractivity contribution in [1.82, 2.24) is 19.8 Å². The maximum absolute atomic E-state index is 12.7. The highest BCUT2D eigenvalue weighted by atomic mass is 79.9. The Morgan fingerprint density at radius 2 is 2.18 bits per heavy atom. The first-order chi connectivity index (χ1) is 13.5. The number of likely N-dealkylation sites (tertiary alicyclic amines) is 1. The third-order valence-corrected chi connectivity index (χ3v) is 5.56. The van der Waals surface area contributed by atoms with Gasteiger partial charge in [-0.3, -0.25) is 19.0 Å². The Balaban J connectivity index is 1.67. The van der Waals surface area contributed by atoms with Crippen LogP contribution in [0.1, 0.15) is 32.6 Å². The largest absolute Gasteiger partial charge is 0.356 e. The van der Waals surface area contributed by atoms with Crippen molar-refractivity contribution in [3.63, 3.8) is 0 Å². The summed E-state index contributed by atoms with van der Waals surface area (Å²) >= 11 is 3.36. The highest BCUT2D eigenvalue weighted by molar-refractivity contribution is 9.10. The Morgan fingerprint density at radius 1 is 1.36 bits per heavy atom. The van der Waals surface area contributed by atoms with E-state index in [0.29, 0.717) is 30.5 Å². The minimum absolute atomic E-state index is 0.0142. The number of unbranched alkanes of at least 4 members (excludes halogenated alkanes) is 1. The van der Waals surface area contributed by atoms with Crippen molar-refractivity contribution in [3.8, 4) is 0 Å². The maximum Gasteiger partial charge on any atom is 0.261 e. The van der Waals surface area contributed by atoms with Crippen LogP contribution in [0.4, 0.5) is 0 Å². The van der Waals surface area contributed by atoms with E-state index in [1.165, 1.54) is 10.9 Å². The van der Waals surface area contributed by atoms with Crippen LogP contribution in [0.25, 0.3) is 10.9 Å². The first-order valence-electron chi connectivity index (χ1n) is 9.69. The number of fused-ring (bicyclic) bond motifs is 1. The zero-order valence-corrected chi connectivity index (χ0v) is 17.6. The second kappa shape index (κ2) is 9.32. The fourth-order valence-electron chi connectivity index (χ4n) is 3.44. The SMILES string of the molecule is CCCCNC(=O)C1CCCN(C(=O)Cn2cnc3ccc(Br)cc3c2=O)C1. The van der Waals surface area contributed by atoms with Gasteiger partial charge >= 0.3 is 0 Å². The molecule has 0 spiro atoms. The van der Waals surface area contributed by atoms with Crippen LogP contribution in [0.5, 0.6) is 0 Å². The lowest BCUT2D eigenvalue weighted by atomic mass is 9.97. The van der Waals surface area contributed by atoms with Gasteiger partial charge in [-0.05, 0) is 37.5 Å². The summed E-state index contributed by atoms with van der Waals surface area (Å²) < 4.78 is 2.12. The second-order valence-electron chi connectivity index (χ2n) is 7.16. The number of nitrogens with zero attached hydrogens (tertiary/aromatic N) is 3. The van der Waals surface area contributed by atoms with Crippen LogP contribution in [0.3, 0.4) is 0 Å². The van der Waals surface area contributed by atoms with Gasteiger partial charge in [-0.15, -0.1) is 0 Å². The maximum atomic E-state index is 12.7. The van der Waals surface area contributed by atoms with Crippen LogP contribution in [-0.4, -0.2) is 45.9 Å². The molecule has 1 saturated heterocycles. The first kappa shape index (κ1) is 20.5. The summed E-state index contributed by atoms with van der Waals surface area (Å²) in [5.74, 6) is -0.332. The molecule has 8 heteroatoms. The minimum atomic E-state index is -0.245. The number of rotatable bonds is 6. The molecule has 1 unspecified atom stereocenters. The predicted molar refractivity (Wildman–Crippen MR) is 111 cm³/mol. The number of hydrogen-bond acceptors (Lipinski definition) is 4. The van der Waals surface area contributed by atoms with Crippen LogP contribution in [0, 0.1) is 5.92 Å². The average molecular weight is 449 g/mol. The molecule has 28 heavy (non-hydrogen) atoms. The van der Waals surface area contributed by atoms with Gasteiger partial charge in [0.2, 0.25) is 11.8 Å². The van der Waals surface area contributed by atoms with Crippen LogP contribution in [0.2, 0.25) is 0 Å². The highest BCUT2D eigenvalue weighted by Gasteiger charge is 2.28. The molecular weight excluding hydrogens is 424 g/mol. The van der Waals surface area contributed by atoms with Crippen LogP contribution in [-0.2, 0) is 16.1 Å². The Bertz CT molecular complexity index is 927. The molecule has 1 fully saturated rings. The number of carbonyl (C=O) groups is 2. The number of amides is 2. The minimum Gasteiger partial charge on any atom is -0.356 e. The summed E-state index contributed by atoms with van der Waals surface area (Å²) in [6.45, 7) is 3.69. The molecule has 1 aliphatic rings. The van der Waals surface area contributed by atoms with E-state index in [0.717, 1.165) is 30.2 Å². The van der Waals surface area contributed by atoms with E-state index in [1.807, 2.05) is 6.07 Å². The van der Waals surface area contributed by atoms with Crippen LogP contribution in [0.15, 0.2) is 33.8 Å². The van der Waals surface area contributed by atoms with Gasteiger partial charge in [0, 0.05) is 24.1 Å². The number of halogens is 1. The van der Waals surface area contributed by atoms with Crippen molar-refractivity contribution < 1.29 is 9.59 Å². The van der Waals surface area contributed by atoms with Gasteiger partial charge in [0.1, 0.15) is 6.54 Å². The van der Waals surface area contributed by atoms with Gasteiger partial charge in [0.25, 0.3) is 5.56 Å². The zero-order chi connectivity index (χ0) is 20.1. The van der Waals surface area contributed by atoms with Gasteiger partial charge in [-0.25, -0.2) is 4.98 Å². The predicted octanol–water partition coefficient (Wildman–Crippen LogP) is 2.31. The van der Waals surface area contributed by atoms with Crippen molar-refractivity contribution in [3.05, 3.63) is 39.4 Å². The van der Waals surface area contributed by atoms with Crippen molar-refractivity contribution in [2.75, 3.05) is 19.6 Å². The van der Waals surface area contributed by atoms with Crippen molar-refractivity contribution >= 4 is 38.6 Å². The molecule has 7 nitrogen and oxygen atoms in total. The second-order valence-corrected chi connectivity index (χ2v) is 8.08. The molecule has 1 N–H and O–H groups in total. The van der Waals surface area contributed by atoms with Crippen LogP contribution >= 0.6 is 15.9 Å². The lowest BCUT2D eigenvalue weighted by Gasteiger charge is -2.32. The van der Waals surface area contributed by atoms with E-state index in [4.69, 9.17) is 0 Å². The van der Waals surface area contributed by atoms with Gasteiger partial charge < -0.3 is 10.2 Å². The molecule has 0 saturated carbocycles. The molecule has 0 bridgehead atoms. The smallest absolute Gasteiger partial charge is 0.261 e. The fourth-order valence-corrected chi connectivity index (χ4v) is 3.80. The summed E-state index contributed by atoms with van der Waals surface area (Å²) in [6, 6.07) is 5.30. The molecule has 1 aliphatic heterocycles. The monoisotopic (exact) mass is 448 g/mol. The zero-order valence-electron chi connectivity index (χ0n) is 16.0. The van der Waals surface area contributed by atoms with E-state index < -0.39 is 0 Å². The molecule has 2 heterocycles. The number of nitrogens with one attached hydrogen (secondary N) is 1. The molecule has 3 rings (SSSR count). The van der Waals surface area contributed by atoms with Gasteiger partial charge in [-0.2, -0.15) is 0 Å². The number of benzene rings is 1. The third-order valence-electron chi connectivity index (χ3n) is 5.07. The number of carbonyl (C=O) groups excluding carboxylic acids is 2. The van der Waals surface area contributed by atoms with Gasteiger partial charge in [0.05, 0.1) is 23.1 Å².